The van der Waals surface area contributed by atoms with Crippen LogP contribution in [0, 0.1) is 6.92 Å². The minimum Gasteiger partial charge on any atom is -0.368 e. The number of anilines is 2. The van der Waals surface area contributed by atoms with Crippen molar-refractivity contribution in [2.75, 3.05) is 36.0 Å². The summed E-state index contributed by atoms with van der Waals surface area (Å²) >= 11 is 0. The molecule has 0 amide bonds. The molecule has 1 aliphatic heterocycles. The van der Waals surface area contributed by atoms with Gasteiger partial charge in [0.25, 0.3) is 12.0 Å². The van der Waals surface area contributed by atoms with E-state index < -0.39 is 18.5 Å². The molecule has 1 aromatic carbocycles. The monoisotopic (exact) mass is 386 g/mol. The molecule has 146 valence electrons. The molecular weight excluding hydrogens is 366 g/mol. The van der Waals surface area contributed by atoms with E-state index in [2.05, 4.69) is 24.8 Å². The van der Waals surface area contributed by atoms with Gasteiger partial charge < -0.3 is 9.80 Å². The van der Waals surface area contributed by atoms with Crippen LogP contribution in [0.15, 0.2) is 41.7 Å². The third-order valence-corrected chi connectivity index (χ3v) is 4.90. The number of aromatic nitrogens is 4. The molecule has 1 fully saturated rings. The van der Waals surface area contributed by atoms with E-state index in [-0.39, 0.29) is 0 Å². The molecule has 0 unspecified atom stereocenters. The minimum atomic E-state index is -2.59. The largest absolute Gasteiger partial charge is 0.368 e. The molecule has 3 heterocycles. The Balaban J connectivity index is 1.51. The molecule has 0 spiro atoms. The number of halogens is 2. The van der Waals surface area contributed by atoms with Crippen LogP contribution < -0.4 is 15.4 Å². The van der Waals surface area contributed by atoms with E-state index in [0.29, 0.717) is 10.9 Å². The van der Waals surface area contributed by atoms with Gasteiger partial charge in [-0.2, -0.15) is 0 Å². The third-order valence-electron chi connectivity index (χ3n) is 4.90. The number of piperazine rings is 1. The first-order chi connectivity index (χ1) is 13.5. The highest BCUT2D eigenvalue weighted by molar-refractivity contribution is 5.81. The SMILES string of the molecule is Cc1cc(N2CCN(c3ccc4c(=O)n(CC(F)F)cnc4c3)CC2)ncn1. The Kier molecular flexibility index (Phi) is 4.89. The number of hydrogen-bond acceptors (Lipinski definition) is 6. The first-order valence-corrected chi connectivity index (χ1v) is 9.07. The lowest BCUT2D eigenvalue weighted by Gasteiger charge is -2.36. The molecule has 0 atom stereocenters. The molecule has 0 N–H and O–H groups in total. The van der Waals surface area contributed by atoms with E-state index in [1.54, 1.807) is 12.4 Å². The zero-order valence-electron chi connectivity index (χ0n) is 15.4. The number of hydrogen-bond donors (Lipinski definition) is 0. The molecule has 0 aliphatic carbocycles. The molecule has 28 heavy (non-hydrogen) atoms. The van der Waals surface area contributed by atoms with Crippen molar-refractivity contribution in [3.05, 3.63) is 53.0 Å². The second-order valence-corrected chi connectivity index (χ2v) is 6.79. The highest BCUT2D eigenvalue weighted by Gasteiger charge is 2.19. The number of alkyl halides is 2. The van der Waals surface area contributed by atoms with Gasteiger partial charge in [-0.3, -0.25) is 9.36 Å². The van der Waals surface area contributed by atoms with Gasteiger partial charge in [0.15, 0.2) is 0 Å². The Morgan fingerprint density at radius 3 is 2.50 bits per heavy atom. The van der Waals surface area contributed by atoms with Crippen LogP contribution in [-0.2, 0) is 6.54 Å². The Morgan fingerprint density at radius 2 is 1.79 bits per heavy atom. The fourth-order valence-corrected chi connectivity index (χ4v) is 3.43. The standard InChI is InChI=1S/C19H20F2N6O/c1-13-8-18(23-11-22-13)26-6-4-25(5-7-26)14-2-3-15-16(9-14)24-12-27(19(15)28)10-17(20)21/h2-3,8-9,11-12,17H,4-7,10H2,1H3. The molecule has 0 bridgehead atoms. The lowest BCUT2D eigenvalue weighted by Crippen LogP contribution is -2.46. The lowest BCUT2D eigenvalue weighted by molar-refractivity contribution is 0.125. The van der Waals surface area contributed by atoms with E-state index in [0.717, 1.165) is 47.9 Å². The highest BCUT2D eigenvalue weighted by Crippen LogP contribution is 2.22. The molecule has 1 saturated heterocycles. The first kappa shape index (κ1) is 18.3. The number of aryl methyl sites for hydroxylation is 1. The van der Waals surface area contributed by atoms with Crippen molar-refractivity contribution in [1.29, 1.82) is 0 Å². The summed E-state index contributed by atoms with van der Waals surface area (Å²) in [4.78, 5) is 29.4. The molecule has 9 heteroatoms. The van der Waals surface area contributed by atoms with Gasteiger partial charge in [-0.05, 0) is 25.1 Å². The van der Waals surface area contributed by atoms with E-state index in [4.69, 9.17) is 0 Å². The Bertz CT molecular complexity index is 1050. The van der Waals surface area contributed by atoms with Crippen molar-refractivity contribution in [2.24, 2.45) is 0 Å². The van der Waals surface area contributed by atoms with Gasteiger partial charge >= 0.3 is 0 Å². The summed E-state index contributed by atoms with van der Waals surface area (Å²) in [6.07, 6.45) is 0.175. The van der Waals surface area contributed by atoms with Crippen LogP contribution >= 0.6 is 0 Å². The molecule has 0 saturated carbocycles. The highest BCUT2D eigenvalue weighted by atomic mass is 19.3. The van der Waals surface area contributed by atoms with E-state index in [1.165, 1.54) is 6.33 Å². The van der Waals surface area contributed by atoms with Gasteiger partial charge in [-0.15, -0.1) is 0 Å². The van der Waals surface area contributed by atoms with E-state index >= 15 is 0 Å². The van der Waals surface area contributed by atoms with Crippen LogP contribution in [0.3, 0.4) is 0 Å². The number of nitrogens with zero attached hydrogens (tertiary/aromatic N) is 6. The molecule has 3 aromatic rings. The molecule has 0 radical (unpaired) electrons. The zero-order chi connectivity index (χ0) is 19.7. The predicted molar refractivity (Wildman–Crippen MR) is 103 cm³/mol. The smallest absolute Gasteiger partial charge is 0.261 e. The van der Waals surface area contributed by atoms with Crippen molar-refractivity contribution >= 4 is 22.4 Å². The first-order valence-electron chi connectivity index (χ1n) is 9.07. The predicted octanol–water partition coefficient (Wildman–Crippen LogP) is 2.09. The summed E-state index contributed by atoms with van der Waals surface area (Å²) < 4.78 is 26.1. The Hall–Kier alpha value is -3.10. The topological polar surface area (TPSA) is 67.2 Å². The van der Waals surface area contributed by atoms with Gasteiger partial charge in [0.2, 0.25) is 0 Å². The summed E-state index contributed by atoms with van der Waals surface area (Å²) in [6, 6.07) is 7.33. The number of rotatable bonds is 4. The van der Waals surface area contributed by atoms with Crippen LogP contribution in [0.4, 0.5) is 20.3 Å². The summed E-state index contributed by atoms with van der Waals surface area (Å²) in [7, 11) is 0. The van der Waals surface area contributed by atoms with E-state index in [9.17, 15) is 13.6 Å². The van der Waals surface area contributed by atoms with Crippen molar-refractivity contribution in [2.45, 2.75) is 19.9 Å². The fourth-order valence-electron chi connectivity index (χ4n) is 3.43. The summed E-state index contributed by atoms with van der Waals surface area (Å²) in [5.74, 6) is 0.923. The van der Waals surface area contributed by atoms with Gasteiger partial charge in [0.05, 0.1) is 23.8 Å². The second-order valence-electron chi connectivity index (χ2n) is 6.79. The minimum absolute atomic E-state index is 0.349. The molecule has 7 nitrogen and oxygen atoms in total. The lowest BCUT2D eigenvalue weighted by atomic mass is 10.2. The quantitative estimate of drug-likeness (QED) is 0.684. The van der Waals surface area contributed by atoms with Gasteiger partial charge in [-0.1, -0.05) is 0 Å². The normalized spacial score (nSPS) is 14.9. The molecule has 4 rings (SSSR count). The Labute approximate surface area is 160 Å². The van der Waals surface area contributed by atoms with Gasteiger partial charge in [0, 0.05) is 43.6 Å². The molecule has 1 aliphatic rings. The van der Waals surface area contributed by atoms with E-state index in [1.807, 2.05) is 25.1 Å². The average Bonchev–Trinajstić information content (AvgIpc) is 2.70. The van der Waals surface area contributed by atoms with Crippen molar-refractivity contribution < 1.29 is 8.78 Å². The van der Waals surface area contributed by atoms with Crippen LogP contribution in [0.1, 0.15) is 5.69 Å². The van der Waals surface area contributed by atoms with Crippen molar-refractivity contribution in [3.63, 3.8) is 0 Å². The fraction of sp³-hybridized carbons (Fsp3) is 0.368. The summed E-state index contributed by atoms with van der Waals surface area (Å²) in [5.41, 5.74) is 1.97. The van der Waals surface area contributed by atoms with Crippen LogP contribution in [0.2, 0.25) is 0 Å². The molecular formula is C19H20F2N6O. The second kappa shape index (κ2) is 7.49. The molecule has 2 aromatic heterocycles. The number of benzene rings is 1. The van der Waals surface area contributed by atoms with Crippen molar-refractivity contribution in [1.82, 2.24) is 19.5 Å². The maximum atomic E-state index is 12.6. The average molecular weight is 386 g/mol. The third kappa shape index (κ3) is 3.64. The number of fused-ring (bicyclic) bond motifs is 1. The summed E-state index contributed by atoms with van der Waals surface area (Å²) in [6.45, 7) is 4.54. The van der Waals surface area contributed by atoms with Gasteiger partial charge in [-0.25, -0.2) is 23.7 Å². The van der Waals surface area contributed by atoms with Crippen LogP contribution in [0.5, 0.6) is 0 Å². The van der Waals surface area contributed by atoms with Crippen LogP contribution in [0.25, 0.3) is 10.9 Å². The van der Waals surface area contributed by atoms with Gasteiger partial charge in [0.1, 0.15) is 12.1 Å². The van der Waals surface area contributed by atoms with Crippen molar-refractivity contribution in [3.8, 4) is 0 Å². The van der Waals surface area contributed by atoms with Crippen LogP contribution in [-0.4, -0.2) is 52.1 Å². The maximum Gasteiger partial charge on any atom is 0.261 e. The Morgan fingerprint density at radius 1 is 1.04 bits per heavy atom. The summed E-state index contributed by atoms with van der Waals surface area (Å²) in [5, 5.41) is 0.349. The zero-order valence-corrected chi connectivity index (χ0v) is 15.4. The maximum absolute atomic E-state index is 12.6.